The van der Waals surface area contributed by atoms with Gasteiger partial charge in [0.15, 0.2) is 6.61 Å². The van der Waals surface area contributed by atoms with Gasteiger partial charge in [-0.15, -0.1) is 0 Å². The number of hydrogen-bond acceptors (Lipinski definition) is 3. The monoisotopic (exact) mass is 442 g/mol. The Labute approximate surface area is 185 Å². The van der Waals surface area contributed by atoms with Crippen LogP contribution in [-0.4, -0.2) is 18.4 Å². The highest BCUT2D eigenvalue weighted by Crippen LogP contribution is 2.23. The van der Waals surface area contributed by atoms with Crippen molar-refractivity contribution in [2.24, 2.45) is 0 Å². The van der Waals surface area contributed by atoms with E-state index in [1.54, 1.807) is 36.4 Å². The standard InChI is InChI=1S/C23H20Cl2N2O3/c1-14-6-9-21(15(2)10-14)30-13-22(28)26-17-4-3-5-18(12-17)27-23(29)19-8-7-16(24)11-20(19)25/h3-12H,13H2,1-2H3,(H,26,28)(H,27,29). The van der Waals surface area contributed by atoms with Gasteiger partial charge in [0, 0.05) is 16.4 Å². The Morgan fingerprint density at radius 1 is 0.900 bits per heavy atom. The second-order valence-corrected chi connectivity index (χ2v) is 7.61. The summed E-state index contributed by atoms with van der Waals surface area (Å²) in [6.07, 6.45) is 0. The molecule has 7 heteroatoms. The van der Waals surface area contributed by atoms with Crippen LogP contribution < -0.4 is 15.4 Å². The summed E-state index contributed by atoms with van der Waals surface area (Å²) in [4.78, 5) is 24.7. The van der Waals surface area contributed by atoms with Gasteiger partial charge in [-0.2, -0.15) is 0 Å². The molecule has 3 rings (SSSR count). The molecule has 0 bridgehead atoms. The molecule has 0 spiro atoms. The third-order valence-corrected chi connectivity index (χ3v) is 4.82. The van der Waals surface area contributed by atoms with Crippen LogP contribution >= 0.6 is 23.2 Å². The van der Waals surface area contributed by atoms with Gasteiger partial charge in [-0.3, -0.25) is 9.59 Å². The van der Waals surface area contributed by atoms with Gasteiger partial charge in [0.2, 0.25) is 0 Å². The van der Waals surface area contributed by atoms with Crippen molar-refractivity contribution in [2.75, 3.05) is 17.2 Å². The molecule has 0 unspecified atom stereocenters. The highest BCUT2D eigenvalue weighted by atomic mass is 35.5. The van der Waals surface area contributed by atoms with E-state index < -0.39 is 0 Å². The molecule has 2 N–H and O–H groups in total. The number of aryl methyl sites for hydroxylation is 2. The molecule has 0 saturated heterocycles. The van der Waals surface area contributed by atoms with Gasteiger partial charge in [0.1, 0.15) is 5.75 Å². The van der Waals surface area contributed by atoms with Gasteiger partial charge in [-0.1, -0.05) is 47.0 Å². The maximum atomic E-state index is 12.4. The molecule has 0 fully saturated rings. The lowest BCUT2D eigenvalue weighted by Gasteiger charge is -2.11. The minimum atomic E-state index is -0.377. The van der Waals surface area contributed by atoms with Crippen LogP contribution in [0.25, 0.3) is 0 Å². The predicted molar refractivity (Wildman–Crippen MR) is 121 cm³/mol. The lowest BCUT2D eigenvalue weighted by molar-refractivity contribution is -0.118. The maximum absolute atomic E-state index is 12.4. The number of ether oxygens (including phenoxy) is 1. The maximum Gasteiger partial charge on any atom is 0.262 e. The Hall–Kier alpha value is -3.02. The second-order valence-electron chi connectivity index (χ2n) is 6.76. The molecule has 154 valence electrons. The summed E-state index contributed by atoms with van der Waals surface area (Å²) < 4.78 is 5.59. The summed E-state index contributed by atoms with van der Waals surface area (Å²) in [6, 6.07) is 17.2. The van der Waals surface area contributed by atoms with Crippen molar-refractivity contribution in [3.05, 3.63) is 87.4 Å². The molecule has 0 aliphatic rings. The minimum absolute atomic E-state index is 0.124. The van der Waals surface area contributed by atoms with Crippen LogP contribution in [0.15, 0.2) is 60.7 Å². The number of halogens is 2. The fraction of sp³-hybridized carbons (Fsp3) is 0.130. The van der Waals surface area contributed by atoms with Crippen LogP contribution in [0.5, 0.6) is 5.75 Å². The largest absolute Gasteiger partial charge is 0.483 e. The number of carbonyl (C=O) groups excluding carboxylic acids is 2. The number of rotatable bonds is 6. The van der Waals surface area contributed by atoms with Crippen molar-refractivity contribution in [1.29, 1.82) is 0 Å². The molecule has 0 saturated carbocycles. The van der Waals surface area contributed by atoms with E-state index in [0.29, 0.717) is 27.7 Å². The molecule has 0 aromatic heterocycles. The van der Waals surface area contributed by atoms with Gasteiger partial charge in [0.25, 0.3) is 11.8 Å². The third kappa shape index (κ3) is 5.75. The van der Waals surface area contributed by atoms with Crippen molar-refractivity contribution in [3.8, 4) is 5.75 Å². The Morgan fingerprint density at radius 2 is 1.63 bits per heavy atom. The van der Waals surface area contributed by atoms with Crippen LogP contribution in [-0.2, 0) is 4.79 Å². The van der Waals surface area contributed by atoms with E-state index in [2.05, 4.69) is 10.6 Å². The van der Waals surface area contributed by atoms with Crippen LogP contribution in [0.4, 0.5) is 11.4 Å². The average Bonchev–Trinajstić information content (AvgIpc) is 2.67. The SMILES string of the molecule is Cc1ccc(OCC(=O)Nc2cccc(NC(=O)c3ccc(Cl)cc3Cl)c2)c(C)c1. The Kier molecular flexibility index (Phi) is 6.98. The first-order chi connectivity index (χ1) is 14.3. The summed E-state index contributed by atoms with van der Waals surface area (Å²) in [7, 11) is 0. The number of nitrogens with one attached hydrogen (secondary N) is 2. The average molecular weight is 443 g/mol. The summed E-state index contributed by atoms with van der Waals surface area (Å²) >= 11 is 11.9. The van der Waals surface area contributed by atoms with Crippen LogP contribution in [0.2, 0.25) is 10.0 Å². The quantitative estimate of drug-likeness (QED) is 0.500. The van der Waals surface area contributed by atoms with Crippen LogP contribution in [0.1, 0.15) is 21.5 Å². The number of hydrogen-bond donors (Lipinski definition) is 2. The highest BCUT2D eigenvalue weighted by molar-refractivity contribution is 6.37. The van der Waals surface area contributed by atoms with E-state index in [9.17, 15) is 9.59 Å². The molecule has 3 aromatic rings. The summed E-state index contributed by atoms with van der Waals surface area (Å²) in [5, 5.41) is 6.22. The van der Waals surface area contributed by atoms with Gasteiger partial charge < -0.3 is 15.4 Å². The van der Waals surface area contributed by atoms with E-state index in [-0.39, 0.29) is 23.4 Å². The van der Waals surface area contributed by atoms with Crippen molar-refractivity contribution < 1.29 is 14.3 Å². The first-order valence-corrected chi connectivity index (χ1v) is 9.94. The molecule has 0 heterocycles. The van der Waals surface area contributed by atoms with Crippen molar-refractivity contribution >= 4 is 46.4 Å². The van der Waals surface area contributed by atoms with Gasteiger partial charge >= 0.3 is 0 Å². The highest BCUT2D eigenvalue weighted by Gasteiger charge is 2.12. The topological polar surface area (TPSA) is 67.4 Å². The lowest BCUT2D eigenvalue weighted by Crippen LogP contribution is -2.20. The molecule has 0 aliphatic heterocycles. The van der Waals surface area contributed by atoms with Crippen molar-refractivity contribution in [3.63, 3.8) is 0 Å². The summed E-state index contributed by atoms with van der Waals surface area (Å²) in [6.45, 7) is 3.80. The third-order valence-electron chi connectivity index (χ3n) is 4.27. The number of carbonyl (C=O) groups is 2. The Morgan fingerprint density at radius 3 is 2.33 bits per heavy atom. The first-order valence-electron chi connectivity index (χ1n) is 9.18. The molecular weight excluding hydrogens is 423 g/mol. The normalized spacial score (nSPS) is 10.4. The zero-order chi connectivity index (χ0) is 21.7. The molecular formula is C23H20Cl2N2O3. The smallest absolute Gasteiger partial charge is 0.262 e. The zero-order valence-corrected chi connectivity index (χ0v) is 18.0. The van der Waals surface area contributed by atoms with Crippen LogP contribution in [0.3, 0.4) is 0 Å². The van der Waals surface area contributed by atoms with Crippen molar-refractivity contribution in [2.45, 2.75) is 13.8 Å². The second kappa shape index (κ2) is 9.65. The fourth-order valence-corrected chi connectivity index (χ4v) is 3.34. The molecule has 0 aliphatic carbocycles. The lowest BCUT2D eigenvalue weighted by atomic mass is 10.1. The van der Waals surface area contributed by atoms with Gasteiger partial charge in [-0.05, 0) is 61.9 Å². The summed E-state index contributed by atoms with van der Waals surface area (Å²) in [5.41, 5.74) is 3.44. The molecule has 30 heavy (non-hydrogen) atoms. The van der Waals surface area contributed by atoms with Gasteiger partial charge in [-0.25, -0.2) is 0 Å². The first kappa shape index (κ1) is 21.7. The Balaban J connectivity index is 1.60. The number of benzene rings is 3. The molecule has 0 radical (unpaired) electrons. The van der Waals surface area contributed by atoms with Gasteiger partial charge in [0.05, 0.1) is 10.6 Å². The molecule has 0 atom stereocenters. The molecule has 3 aromatic carbocycles. The van der Waals surface area contributed by atoms with E-state index in [4.69, 9.17) is 27.9 Å². The zero-order valence-electron chi connectivity index (χ0n) is 16.5. The number of amides is 2. The number of anilines is 2. The molecule has 5 nitrogen and oxygen atoms in total. The Bertz CT molecular complexity index is 1100. The van der Waals surface area contributed by atoms with E-state index >= 15 is 0 Å². The van der Waals surface area contributed by atoms with Crippen LogP contribution in [0, 0.1) is 13.8 Å². The summed E-state index contributed by atoms with van der Waals surface area (Å²) in [5.74, 6) is -0.0193. The fourth-order valence-electron chi connectivity index (χ4n) is 2.85. The molecule has 2 amide bonds. The van der Waals surface area contributed by atoms with E-state index in [1.807, 2.05) is 32.0 Å². The van der Waals surface area contributed by atoms with E-state index in [1.165, 1.54) is 6.07 Å². The van der Waals surface area contributed by atoms with Crippen molar-refractivity contribution in [1.82, 2.24) is 0 Å². The minimum Gasteiger partial charge on any atom is -0.483 e. The van der Waals surface area contributed by atoms with E-state index in [0.717, 1.165) is 11.1 Å². The predicted octanol–water partition coefficient (Wildman–Crippen LogP) is 5.88.